The molecule has 1 saturated carbocycles. The SMILES string of the molecule is NC(=O)C1(C(N)=O)CC1c1ccc(Oc2ccnc3cc(OCCO)c(-c4ncco4)cc23)cc1. The van der Waals surface area contributed by atoms with Gasteiger partial charge in [-0.25, -0.2) is 4.98 Å². The van der Waals surface area contributed by atoms with E-state index in [1.807, 2.05) is 6.07 Å². The second kappa shape index (κ2) is 8.73. The molecule has 178 valence electrons. The molecule has 10 nitrogen and oxygen atoms in total. The van der Waals surface area contributed by atoms with Gasteiger partial charge in [0.05, 0.1) is 23.9 Å². The summed E-state index contributed by atoms with van der Waals surface area (Å²) in [6.07, 6.45) is 4.91. The van der Waals surface area contributed by atoms with E-state index in [2.05, 4.69) is 9.97 Å². The Hall–Kier alpha value is -4.44. The van der Waals surface area contributed by atoms with Gasteiger partial charge in [-0.3, -0.25) is 14.6 Å². The topological polar surface area (TPSA) is 164 Å². The van der Waals surface area contributed by atoms with Crippen molar-refractivity contribution in [1.82, 2.24) is 9.97 Å². The van der Waals surface area contributed by atoms with E-state index in [1.54, 1.807) is 42.6 Å². The summed E-state index contributed by atoms with van der Waals surface area (Å²) in [5.74, 6) is 0.165. The minimum Gasteiger partial charge on any atom is -0.490 e. The summed E-state index contributed by atoms with van der Waals surface area (Å²) in [5, 5.41) is 9.86. The molecule has 5 rings (SSSR count). The summed E-state index contributed by atoms with van der Waals surface area (Å²) < 4.78 is 17.3. The van der Waals surface area contributed by atoms with Crippen molar-refractivity contribution in [2.45, 2.75) is 12.3 Å². The van der Waals surface area contributed by atoms with Gasteiger partial charge in [-0.2, -0.15) is 0 Å². The quantitative estimate of drug-likeness (QED) is 0.311. The second-order valence-electron chi connectivity index (χ2n) is 8.21. The number of nitrogens with two attached hydrogens (primary N) is 2. The third-order valence-corrected chi connectivity index (χ3v) is 6.16. The van der Waals surface area contributed by atoms with Crippen LogP contribution in [0, 0.1) is 5.41 Å². The van der Waals surface area contributed by atoms with Gasteiger partial charge in [0.2, 0.25) is 17.7 Å². The van der Waals surface area contributed by atoms with Crippen LogP contribution in [-0.4, -0.2) is 40.1 Å². The highest BCUT2D eigenvalue weighted by Crippen LogP contribution is 2.59. The Labute approximate surface area is 199 Å². The largest absolute Gasteiger partial charge is 0.490 e. The Kier molecular flexibility index (Phi) is 5.58. The van der Waals surface area contributed by atoms with Gasteiger partial charge < -0.3 is 30.5 Å². The van der Waals surface area contributed by atoms with Gasteiger partial charge in [-0.15, -0.1) is 0 Å². The van der Waals surface area contributed by atoms with Crippen molar-refractivity contribution < 1.29 is 28.6 Å². The molecule has 35 heavy (non-hydrogen) atoms. The van der Waals surface area contributed by atoms with Crippen molar-refractivity contribution >= 4 is 22.7 Å². The van der Waals surface area contributed by atoms with E-state index in [0.29, 0.717) is 46.0 Å². The third kappa shape index (κ3) is 3.93. The van der Waals surface area contributed by atoms with E-state index < -0.39 is 17.2 Å². The molecule has 4 aromatic rings. The number of primary amides is 2. The number of carbonyl (C=O) groups is 2. The highest BCUT2D eigenvalue weighted by Gasteiger charge is 2.64. The summed E-state index contributed by atoms with van der Waals surface area (Å²) in [6, 6.07) is 12.4. The third-order valence-electron chi connectivity index (χ3n) is 6.16. The van der Waals surface area contributed by atoms with Gasteiger partial charge in [0.1, 0.15) is 35.5 Å². The number of oxazole rings is 1. The highest BCUT2D eigenvalue weighted by atomic mass is 16.5. The van der Waals surface area contributed by atoms with E-state index in [0.717, 1.165) is 5.56 Å². The minimum atomic E-state index is -1.32. The number of hydrogen-bond acceptors (Lipinski definition) is 8. The molecule has 1 aliphatic carbocycles. The molecule has 0 aliphatic heterocycles. The number of benzene rings is 2. The summed E-state index contributed by atoms with van der Waals surface area (Å²) >= 11 is 0. The predicted molar refractivity (Wildman–Crippen MR) is 125 cm³/mol. The Morgan fingerprint density at radius 2 is 1.83 bits per heavy atom. The normalized spacial score (nSPS) is 16.1. The average Bonchev–Trinajstić information content (AvgIpc) is 3.41. The molecular formula is C25H22N4O6. The van der Waals surface area contributed by atoms with Gasteiger partial charge in [0, 0.05) is 23.6 Å². The lowest BCUT2D eigenvalue weighted by molar-refractivity contribution is -0.133. The molecule has 2 amide bonds. The molecule has 0 radical (unpaired) electrons. The van der Waals surface area contributed by atoms with E-state index >= 15 is 0 Å². The summed E-state index contributed by atoms with van der Waals surface area (Å²) in [5.41, 5.74) is 11.5. The van der Waals surface area contributed by atoms with Gasteiger partial charge in [0.25, 0.3) is 0 Å². The smallest absolute Gasteiger partial charge is 0.233 e. The van der Waals surface area contributed by atoms with Crippen LogP contribution >= 0.6 is 0 Å². The van der Waals surface area contributed by atoms with Crippen LogP contribution in [0.25, 0.3) is 22.4 Å². The number of amides is 2. The van der Waals surface area contributed by atoms with Crippen LogP contribution in [0.3, 0.4) is 0 Å². The van der Waals surface area contributed by atoms with Crippen LogP contribution < -0.4 is 20.9 Å². The monoisotopic (exact) mass is 474 g/mol. The van der Waals surface area contributed by atoms with Crippen LogP contribution in [0.15, 0.2) is 65.5 Å². The molecule has 2 aromatic heterocycles. The summed E-state index contributed by atoms with van der Waals surface area (Å²) in [4.78, 5) is 32.2. The Bertz CT molecular complexity index is 1390. The molecule has 0 spiro atoms. The molecule has 1 atom stereocenters. The predicted octanol–water partition coefficient (Wildman–Crippen LogP) is 2.50. The maximum atomic E-state index is 11.8. The molecule has 0 saturated heterocycles. The average molecular weight is 474 g/mol. The maximum absolute atomic E-state index is 11.8. The standard InChI is InChI=1S/C25H22N4O6/c26-23(31)25(24(27)32)13-18(25)14-1-3-15(4-2-14)35-20-5-6-28-19-12-21(33-10-8-30)17(11-16(19)20)22-29-7-9-34-22/h1-7,9,11-12,18,30H,8,10,13H2,(H2,26,31)(H2,27,32). The second-order valence-corrected chi connectivity index (χ2v) is 8.21. The van der Waals surface area contributed by atoms with Crippen molar-refractivity contribution in [3.63, 3.8) is 0 Å². The molecule has 1 unspecified atom stereocenters. The number of aromatic nitrogens is 2. The number of aliphatic hydroxyl groups excluding tert-OH is 1. The van der Waals surface area contributed by atoms with Crippen LogP contribution in [0.1, 0.15) is 17.9 Å². The lowest BCUT2D eigenvalue weighted by atomic mass is 9.97. The first-order valence-corrected chi connectivity index (χ1v) is 10.9. The highest BCUT2D eigenvalue weighted by molar-refractivity contribution is 6.08. The van der Waals surface area contributed by atoms with E-state index in [-0.39, 0.29) is 19.1 Å². The van der Waals surface area contributed by atoms with Gasteiger partial charge in [-0.05, 0) is 36.2 Å². The molecule has 0 bridgehead atoms. The van der Waals surface area contributed by atoms with Crippen LogP contribution in [0.4, 0.5) is 0 Å². The van der Waals surface area contributed by atoms with Crippen molar-refractivity contribution in [3.8, 4) is 28.7 Å². The number of rotatable bonds is 9. The van der Waals surface area contributed by atoms with Crippen molar-refractivity contribution in [1.29, 1.82) is 0 Å². The molecule has 2 aromatic carbocycles. The fourth-order valence-corrected chi connectivity index (χ4v) is 4.26. The summed E-state index contributed by atoms with van der Waals surface area (Å²) in [6.45, 7) is -0.0357. The van der Waals surface area contributed by atoms with Crippen molar-refractivity contribution in [2.75, 3.05) is 13.2 Å². The zero-order chi connectivity index (χ0) is 24.6. The van der Waals surface area contributed by atoms with E-state index in [4.69, 9.17) is 30.5 Å². The first-order valence-electron chi connectivity index (χ1n) is 10.9. The number of hydrogen-bond donors (Lipinski definition) is 3. The van der Waals surface area contributed by atoms with Gasteiger partial charge in [0.15, 0.2) is 0 Å². The number of nitrogens with zero attached hydrogens (tertiary/aromatic N) is 2. The fraction of sp³-hybridized carbons (Fsp3) is 0.200. The lowest BCUT2D eigenvalue weighted by Gasteiger charge is -2.13. The molecule has 5 N–H and O–H groups in total. The molecular weight excluding hydrogens is 452 g/mol. The first-order chi connectivity index (χ1) is 16.9. The van der Waals surface area contributed by atoms with Crippen molar-refractivity contribution in [2.24, 2.45) is 16.9 Å². The lowest BCUT2D eigenvalue weighted by Crippen LogP contribution is -2.38. The van der Waals surface area contributed by atoms with Gasteiger partial charge in [-0.1, -0.05) is 12.1 Å². The van der Waals surface area contributed by atoms with Crippen LogP contribution in [0.2, 0.25) is 0 Å². The number of ether oxygens (including phenoxy) is 2. The Morgan fingerprint density at radius 3 is 2.46 bits per heavy atom. The van der Waals surface area contributed by atoms with E-state index in [9.17, 15) is 9.59 Å². The van der Waals surface area contributed by atoms with Crippen LogP contribution in [0.5, 0.6) is 17.2 Å². The van der Waals surface area contributed by atoms with Gasteiger partial charge >= 0.3 is 0 Å². The molecule has 1 fully saturated rings. The fourth-order valence-electron chi connectivity index (χ4n) is 4.26. The summed E-state index contributed by atoms with van der Waals surface area (Å²) in [7, 11) is 0. The zero-order valence-electron chi connectivity index (χ0n) is 18.5. The Morgan fingerprint density at radius 1 is 1.06 bits per heavy atom. The molecule has 1 aliphatic rings. The van der Waals surface area contributed by atoms with Crippen molar-refractivity contribution in [3.05, 3.63) is 66.7 Å². The molecule has 10 heteroatoms. The first kappa shape index (κ1) is 22.4. The number of aliphatic hydroxyl groups is 1. The number of carbonyl (C=O) groups excluding carboxylic acids is 2. The maximum Gasteiger partial charge on any atom is 0.233 e. The number of fused-ring (bicyclic) bond motifs is 1. The Balaban J connectivity index is 1.45. The van der Waals surface area contributed by atoms with E-state index in [1.165, 1.54) is 12.5 Å². The minimum absolute atomic E-state index is 0.107. The van der Waals surface area contributed by atoms with Crippen LogP contribution in [-0.2, 0) is 9.59 Å². The number of pyridine rings is 1. The molecule has 2 heterocycles. The zero-order valence-corrected chi connectivity index (χ0v) is 18.5.